The highest BCUT2D eigenvalue weighted by molar-refractivity contribution is 5.94. The lowest BCUT2D eigenvalue weighted by molar-refractivity contribution is 0.0939. The fourth-order valence-electron chi connectivity index (χ4n) is 3.14. The summed E-state index contributed by atoms with van der Waals surface area (Å²) >= 11 is 0. The molecule has 0 bridgehead atoms. The minimum atomic E-state index is -0.552. The van der Waals surface area contributed by atoms with Gasteiger partial charge in [-0.15, -0.1) is 0 Å². The molecule has 29 heavy (non-hydrogen) atoms. The average Bonchev–Trinajstić information content (AvgIpc) is 3.18. The van der Waals surface area contributed by atoms with Crippen LogP contribution in [0.1, 0.15) is 27.8 Å². The molecule has 0 aliphatic carbocycles. The molecule has 1 aromatic carbocycles. The van der Waals surface area contributed by atoms with Crippen molar-refractivity contribution in [3.63, 3.8) is 0 Å². The molecule has 4 rings (SSSR count). The zero-order valence-corrected chi connectivity index (χ0v) is 15.9. The number of carbonyl (C=O) groups excluding carboxylic acids is 1. The summed E-state index contributed by atoms with van der Waals surface area (Å²) in [5.41, 5.74) is 0.815. The van der Waals surface area contributed by atoms with E-state index >= 15 is 0 Å². The Kier molecular flexibility index (Phi) is 4.82. The number of nitrogens with one attached hydrogen (secondary N) is 1. The van der Waals surface area contributed by atoms with E-state index < -0.39 is 17.5 Å². The SMILES string of the molecule is COc1ccc(C(NC(=O)c2cnc3ccccn3c2=O)c2nccn2C)cc1. The zero-order chi connectivity index (χ0) is 20.4. The number of imidazole rings is 1. The summed E-state index contributed by atoms with van der Waals surface area (Å²) < 4.78 is 8.38. The van der Waals surface area contributed by atoms with Gasteiger partial charge in [0.2, 0.25) is 0 Å². The first-order valence-electron chi connectivity index (χ1n) is 8.97. The third kappa shape index (κ3) is 3.47. The number of nitrogens with zero attached hydrogens (tertiary/aromatic N) is 4. The molecule has 0 saturated carbocycles. The minimum absolute atomic E-state index is 0.0404. The van der Waals surface area contributed by atoms with E-state index in [1.807, 2.05) is 35.9 Å². The van der Waals surface area contributed by atoms with Gasteiger partial charge < -0.3 is 14.6 Å². The number of fused-ring (bicyclic) bond motifs is 1. The van der Waals surface area contributed by atoms with Gasteiger partial charge in [0.15, 0.2) is 0 Å². The molecule has 4 aromatic rings. The van der Waals surface area contributed by atoms with Gasteiger partial charge in [-0.05, 0) is 29.8 Å². The highest BCUT2D eigenvalue weighted by Gasteiger charge is 2.23. The number of hydrogen-bond donors (Lipinski definition) is 1. The average molecular weight is 389 g/mol. The summed E-state index contributed by atoms with van der Waals surface area (Å²) in [7, 11) is 3.44. The van der Waals surface area contributed by atoms with Gasteiger partial charge in [0.05, 0.1) is 7.11 Å². The van der Waals surface area contributed by atoms with Crippen LogP contribution in [0.5, 0.6) is 5.75 Å². The first-order chi connectivity index (χ1) is 14.1. The summed E-state index contributed by atoms with van der Waals surface area (Å²) in [4.78, 5) is 34.3. The molecule has 0 aliphatic heterocycles. The van der Waals surface area contributed by atoms with Crippen LogP contribution in [0.15, 0.2) is 72.0 Å². The number of methoxy groups -OCH3 is 1. The Morgan fingerprint density at radius 1 is 1.10 bits per heavy atom. The van der Waals surface area contributed by atoms with Crippen LogP contribution < -0.4 is 15.6 Å². The van der Waals surface area contributed by atoms with Crippen molar-refractivity contribution in [1.29, 1.82) is 0 Å². The molecular weight excluding hydrogens is 370 g/mol. The summed E-state index contributed by atoms with van der Waals surface area (Å²) in [6.07, 6.45) is 6.34. The molecule has 146 valence electrons. The normalized spacial score (nSPS) is 11.9. The molecule has 3 heterocycles. The maximum Gasteiger partial charge on any atom is 0.270 e. The van der Waals surface area contributed by atoms with E-state index in [0.717, 1.165) is 5.56 Å². The van der Waals surface area contributed by atoms with Gasteiger partial charge in [-0.1, -0.05) is 18.2 Å². The van der Waals surface area contributed by atoms with Gasteiger partial charge in [0.1, 0.15) is 28.8 Å². The molecule has 1 unspecified atom stereocenters. The van der Waals surface area contributed by atoms with E-state index in [0.29, 0.717) is 17.2 Å². The molecule has 1 amide bonds. The van der Waals surface area contributed by atoms with Crippen molar-refractivity contribution in [3.05, 3.63) is 94.6 Å². The van der Waals surface area contributed by atoms with E-state index in [9.17, 15) is 9.59 Å². The highest BCUT2D eigenvalue weighted by atomic mass is 16.5. The number of amides is 1. The molecule has 8 nitrogen and oxygen atoms in total. The Morgan fingerprint density at radius 2 is 1.90 bits per heavy atom. The topological polar surface area (TPSA) is 90.5 Å². The maximum absolute atomic E-state index is 13.0. The smallest absolute Gasteiger partial charge is 0.270 e. The molecule has 8 heteroatoms. The van der Waals surface area contributed by atoms with Gasteiger partial charge in [-0.25, -0.2) is 9.97 Å². The number of ether oxygens (including phenoxy) is 1. The summed E-state index contributed by atoms with van der Waals surface area (Å²) in [5, 5.41) is 2.92. The van der Waals surface area contributed by atoms with Crippen molar-refractivity contribution >= 4 is 11.6 Å². The Bertz CT molecular complexity index is 1230. The van der Waals surface area contributed by atoms with Crippen molar-refractivity contribution in [2.75, 3.05) is 7.11 Å². The fraction of sp³-hybridized carbons (Fsp3) is 0.143. The van der Waals surface area contributed by atoms with Crippen LogP contribution in [0.2, 0.25) is 0 Å². The van der Waals surface area contributed by atoms with E-state index in [1.165, 1.54) is 10.6 Å². The number of aromatic nitrogens is 4. The molecule has 0 saturated heterocycles. The van der Waals surface area contributed by atoms with E-state index in [2.05, 4.69) is 15.3 Å². The third-order valence-electron chi connectivity index (χ3n) is 4.70. The molecule has 1 atom stereocenters. The predicted molar refractivity (Wildman–Crippen MR) is 107 cm³/mol. The lowest BCUT2D eigenvalue weighted by Gasteiger charge is -2.19. The second-order valence-electron chi connectivity index (χ2n) is 6.48. The minimum Gasteiger partial charge on any atom is -0.497 e. The number of benzene rings is 1. The van der Waals surface area contributed by atoms with Crippen molar-refractivity contribution in [1.82, 2.24) is 24.3 Å². The molecule has 0 radical (unpaired) electrons. The first kappa shape index (κ1) is 18.4. The van der Waals surface area contributed by atoms with Gasteiger partial charge >= 0.3 is 0 Å². The van der Waals surface area contributed by atoms with E-state index in [1.54, 1.807) is 43.9 Å². The van der Waals surface area contributed by atoms with Crippen LogP contribution in [-0.2, 0) is 7.05 Å². The van der Waals surface area contributed by atoms with Crippen molar-refractivity contribution in [3.8, 4) is 5.75 Å². The van der Waals surface area contributed by atoms with Gasteiger partial charge in [-0.2, -0.15) is 0 Å². The Morgan fingerprint density at radius 3 is 2.59 bits per heavy atom. The Hall–Kier alpha value is -3.94. The molecule has 0 fully saturated rings. The Labute approximate surface area is 166 Å². The third-order valence-corrected chi connectivity index (χ3v) is 4.70. The number of rotatable bonds is 5. The summed E-state index contributed by atoms with van der Waals surface area (Å²) in [6.45, 7) is 0. The van der Waals surface area contributed by atoms with Crippen LogP contribution >= 0.6 is 0 Å². The summed E-state index contributed by atoms with van der Waals surface area (Å²) in [6, 6.07) is 12.0. The van der Waals surface area contributed by atoms with E-state index in [-0.39, 0.29) is 5.56 Å². The second-order valence-corrected chi connectivity index (χ2v) is 6.48. The number of carbonyl (C=O) groups is 1. The Balaban J connectivity index is 1.72. The van der Waals surface area contributed by atoms with Gasteiger partial charge in [-0.3, -0.25) is 14.0 Å². The fourth-order valence-corrected chi connectivity index (χ4v) is 3.14. The van der Waals surface area contributed by atoms with E-state index in [4.69, 9.17) is 4.74 Å². The van der Waals surface area contributed by atoms with Crippen LogP contribution in [-0.4, -0.2) is 32.0 Å². The maximum atomic E-state index is 13.0. The molecule has 0 spiro atoms. The number of hydrogen-bond acceptors (Lipinski definition) is 5. The second kappa shape index (κ2) is 7.59. The summed E-state index contributed by atoms with van der Waals surface area (Å²) in [5.74, 6) is 0.817. The molecule has 1 N–H and O–H groups in total. The van der Waals surface area contributed by atoms with Crippen LogP contribution in [0.3, 0.4) is 0 Å². The van der Waals surface area contributed by atoms with Crippen molar-refractivity contribution < 1.29 is 9.53 Å². The number of pyridine rings is 1. The van der Waals surface area contributed by atoms with Crippen LogP contribution in [0, 0.1) is 0 Å². The standard InChI is InChI=1S/C21H19N5O3/c1-25-12-10-22-19(25)18(14-6-8-15(29-2)9-7-14)24-20(27)16-13-23-17-5-3-4-11-26(17)21(16)28/h3-13,18H,1-2H3,(H,24,27). The lowest BCUT2D eigenvalue weighted by Crippen LogP contribution is -2.35. The monoisotopic (exact) mass is 389 g/mol. The zero-order valence-electron chi connectivity index (χ0n) is 15.9. The highest BCUT2D eigenvalue weighted by Crippen LogP contribution is 2.23. The van der Waals surface area contributed by atoms with Crippen LogP contribution in [0.25, 0.3) is 5.65 Å². The van der Waals surface area contributed by atoms with Gasteiger partial charge in [0, 0.05) is 31.8 Å². The van der Waals surface area contributed by atoms with Crippen molar-refractivity contribution in [2.24, 2.45) is 7.05 Å². The van der Waals surface area contributed by atoms with Crippen molar-refractivity contribution in [2.45, 2.75) is 6.04 Å². The van der Waals surface area contributed by atoms with Crippen LogP contribution in [0.4, 0.5) is 0 Å². The number of aryl methyl sites for hydroxylation is 1. The predicted octanol–water partition coefficient (Wildman–Crippen LogP) is 1.96. The molecule has 0 aliphatic rings. The quantitative estimate of drug-likeness (QED) is 0.563. The first-order valence-corrected chi connectivity index (χ1v) is 8.97. The largest absolute Gasteiger partial charge is 0.497 e. The van der Waals surface area contributed by atoms with Gasteiger partial charge in [0.25, 0.3) is 11.5 Å². The molecule has 3 aromatic heterocycles. The lowest BCUT2D eigenvalue weighted by atomic mass is 10.1. The molecular formula is C21H19N5O3.